The van der Waals surface area contributed by atoms with E-state index in [1.165, 1.54) is 0 Å². The molecule has 0 aliphatic rings. The van der Waals surface area contributed by atoms with Gasteiger partial charge < -0.3 is 15.2 Å². The fourth-order valence-electron chi connectivity index (χ4n) is 1.77. The summed E-state index contributed by atoms with van der Waals surface area (Å²) in [5.74, 6) is -3.09. The maximum atomic E-state index is 12.2. The van der Waals surface area contributed by atoms with Gasteiger partial charge in [0.2, 0.25) is 5.91 Å². The normalized spacial score (nSPS) is 10.4. The molecule has 1 aromatic heterocycles. The van der Waals surface area contributed by atoms with Crippen LogP contribution in [0.2, 0.25) is 0 Å². The first-order chi connectivity index (χ1) is 11.2. The first-order valence-corrected chi connectivity index (χ1v) is 7.45. The van der Waals surface area contributed by atoms with Gasteiger partial charge in [0.1, 0.15) is 11.4 Å². The Labute approximate surface area is 138 Å². The summed E-state index contributed by atoms with van der Waals surface area (Å²) in [5, 5.41) is 0. The summed E-state index contributed by atoms with van der Waals surface area (Å²) >= 11 is 0. The van der Waals surface area contributed by atoms with E-state index in [0.29, 0.717) is 4.68 Å². The molecule has 0 bridgehead atoms. The van der Waals surface area contributed by atoms with E-state index in [0.717, 1.165) is 6.07 Å². The third-order valence-corrected chi connectivity index (χ3v) is 2.98. The van der Waals surface area contributed by atoms with E-state index < -0.39 is 35.1 Å². The molecule has 1 aromatic rings. The molecule has 0 unspecified atom stereocenters. The number of carbonyl (C=O) groups is 3. The number of pyridine rings is 1. The lowest BCUT2D eigenvalue weighted by Crippen LogP contribution is -2.38. The van der Waals surface area contributed by atoms with E-state index in [1.807, 2.05) is 0 Å². The van der Waals surface area contributed by atoms with Gasteiger partial charge in [-0.05, 0) is 13.8 Å². The van der Waals surface area contributed by atoms with Crippen molar-refractivity contribution in [3.05, 3.63) is 27.5 Å². The highest BCUT2D eigenvalue weighted by Gasteiger charge is 2.26. The Morgan fingerprint density at radius 1 is 1.17 bits per heavy atom. The quantitative estimate of drug-likeness (QED) is 0.722. The van der Waals surface area contributed by atoms with Crippen LogP contribution in [0.25, 0.3) is 0 Å². The number of nitrogens with two attached hydrogens (primary N) is 1. The molecule has 1 rings (SSSR count). The van der Waals surface area contributed by atoms with Gasteiger partial charge in [-0.25, -0.2) is 14.3 Å². The van der Waals surface area contributed by atoms with E-state index in [-0.39, 0.29) is 24.3 Å². The van der Waals surface area contributed by atoms with E-state index in [9.17, 15) is 19.2 Å². The van der Waals surface area contributed by atoms with Crippen LogP contribution >= 0.6 is 0 Å². The average molecular weight is 339 g/mol. The molecule has 132 valence electrons. The van der Waals surface area contributed by atoms with Crippen molar-refractivity contribution in [1.82, 2.24) is 4.68 Å². The highest BCUT2D eigenvalue weighted by Crippen LogP contribution is 2.17. The van der Waals surface area contributed by atoms with E-state index in [2.05, 4.69) is 5.43 Å². The monoisotopic (exact) mass is 339 g/mol. The predicted molar refractivity (Wildman–Crippen MR) is 86.2 cm³/mol. The van der Waals surface area contributed by atoms with Crippen LogP contribution in [-0.2, 0) is 14.3 Å². The van der Waals surface area contributed by atoms with Crippen LogP contribution in [0.3, 0.4) is 0 Å². The van der Waals surface area contributed by atoms with Crippen molar-refractivity contribution in [2.45, 2.75) is 27.7 Å². The Balaban J connectivity index is 3.53. The molecule has 1 amide bonds. The second-order valence-electron chi connectivity index (χ2n) is 5.06. The third-order valence-electron chi connectivity index (χ3n) is 2.98. The molecular formula is C15H21N3O6. The standard InChI is InChI=1S/C15H21N3O6/c1-5-23-14(21)9-7-10(19)18(17-13(20)8(3)4)12(16)11(9)15(22)24-6-2/h7-8H,5-6,16H2,1-4H3,(H,17,20). The zero-order chi connectivity index (χ0) is 18.4. The number of carbonyl (C=O) groups excluding carboxylic acids is 3. The van der Waals surface area contributed by atoms with Gasteiger partial charge >= 0.3 is 11.9 Å². The third kappa shape index (κ3) is 4.12. The van der Waals surface area contributed by atoms with Crippen molar-refractivity contribution in [3.8, 4) is 0 Å². The SMILES string of the molecule is CCOC(=O)c1cc(=O)n(NC(=O)C(C)C)c(N)c1C(=O)OCC. The maximum absolute atomic E-state index is 12.2. The summed E-state index contributed by atoms with van der Waals surface area (Å²) in [4.78, 5) is 48.1. The maximum Gasteiger partial charge on any atom is 0.342 e. The van der Waals surface area contributed by atoms with Crippen LogP contribution in [0.4, 0.5) is 5.82 Å². The van der Waals surface area contributed by atoms with Gasteiger partial charge in [0, 0.05) is 12.0 Å². The highest BCUT2D eigenvalue weighted by molar-refractivity contribution is 6.06. The molecule has 0 fully saturated rings. The van der Waals surface area contributed by atoms with Crippen LogP contribution in [0.15, 0.2) is 10.9 Å². The van der Waals surface area contributed by atoms with Crippen LogP contribution in [0, 0.1) is 5.92 Å². The van der Waals surface area contributed by atoms with Crippen molar-refractivity contribution in [2.75, 3.05) is 24.4 Å². The van der Waals surface area contributed by atoms with Gasteiger partial charge in [0.05, 0.1) is 18.8 Å². The number of nitrogen functional groups attached to an aromatic ring is 1. The minimum Gasteiger partial charge on any atom is -0.462 e. The van der Waals surface area contributed by atoms with Crippen molar-refractivity contribution < 1.29 is 23.9 Å². The number of hydrogen-bond donors (Lipinski definition) is 2. The van der Waals surface area contributed by atoms with Gasteiger partial charge in [-0.1, -0.05) is 13.8 Å². The molecule has 3 N–H and O–H groups in total. The number of nitrogens with zero attached hydrogens (tertiary/aromatic N) is 1. The summed E-state index contributed by atoms with van der Waals surface area (Å²) in [6.45, 7) is 6.49. The molecule has 0 aliphatic carbocycles. The Morgan fingerprint density at radius 3 is 2.21 bits per heavy atom. The molecule has 1 heterocycles. The Bertz CT molecular complexity index is 708. The number of aromatic nitrogens is 1. The zero-order valence-electron chi connectivity index (χ0n) is 14.0. The molecule has 0 aromatic carbocycles. The van der Waals surface area contributed by atoms with Crippen molar-refractivity contribution in [3.63, 3.8) is 0 Å². The van der Waals surface area contributed by atoms with E-state index >= 15 is 0 Å². The number of anilines is 1. The van der Waals surface area contributed by atoms with Gasteiger partial charge in [0.15, 0.2) is 0 Å². The topological polar surface area (TPSA) is 130 Å². The van der Waals surface area contributed by atoms with Gasteiger partial charge in [-0.3, -0.25) is 15.0 Å². The fraction of sp³-hybridized carbons (Fsp3) is 0.467. The Morgan fingerprint density at radius 2 is 1.71 bits per heavy atom. The smallest absolute Gasteiger partial charge is 0.342 e. The lowest BCUT2D eigenvalue weighted by molar-refractivity contribution is -0.119. The Kier molecular flexibility index (Phi) is 6.51. The average Bonchev–Trinajstić information content (AvgIpc) is 2.50. The second-order valence-corrected chi connectivity index (χ2v) is 5.06. The molecular weight excluding hydrogens is 318 g/mol. The van der Waals surface area contributed by atoms with Crippen molar-refractivity contribution >= 4 is 23.7 Å². The van der Waals surface area contributed by atoms with Gasteiger partial charge in [0.25, 0.3) is 5.56 Å². The van der Waals surface area contributed by atoms with Crippen LogP contribution in [0.5, 0.6) is 0 Å². The number of rotatable bonds is 6. The van der Waals surface area contributed by atoms with Crippen LogP contribution < -0.4 is 16.7 Å². The zero-order valence-corrected chi connectivity index (χ0v) is 14.0. The molecule has 0 saturated carbocycles. The number of amides is 1. The summed E-state index contributed by atoms with van der Waals surface area (Å²) in [7, 11) is 0. The highest BCUT2D eigenvalue weighted by atomic mass is 16.5. The molecule has 0 saturated heterocycles. The lowest BCUT2D eigenvalue weighted by atomic mass is 10.1. The Hall–Kier alpha value is -2.84. The predicted octanol–water partition coefficient (Wildman–Crippen LogP) is 0.510. The van der Waals surface area contributed by atoms with Crippen LogP contribution in [-0.4, -0.2) is 35.7 Å². The van der Waals surface area contributed by atoms with Crippen molar-refractivity contribution in [2.24, 2.45) is 5.92 Å². The largest absolute Gasteiger partial charge is 0.462 e. The summed E-state index contributed by atoms with van der Waals surface area (Å²) in [6, 6.07) is 0.876. The first-order valence-electron chi connectivity index (χ1n) is 7.45. The summed E-state index contributed by atoms with van der Waals surface area (Å²) in [6.07, 6.45) is 0. The lowest BCUT2D eigenvalue weighted by Gasteiger charge is -2.17. The number of ether oxygens (including phenoxy) is 2. The number of hydrogen-bond acceptors (Lipinski definition) is 7. The fourth-order valence-corrected chi connectivity index (χ4v) is 1.77. The molecule has 9 nitrogen and oxygen atoms in total. The van der Waals surface area contributed by atoms with Gasteiger partial charge in [-0.2, -0.15) is 0 Å². The summed E-state index contributed by atoms with van der Waals surface area (Å²) < 4.78 is 10.4. The van der Waals surface area contributed by atoms with Crippen LogP contribution in [0.1, 0.15) is 48.4 Å². The number of esters is 2. The first kappa shape index (κ1) is 19.2. The molecule has 9 heteroatoms. The minimum absolute atomic E-state index is 0.0397. The van der Waals surface area contributed by atoms with E-state index in [4.69, 9.17) is 15.2 Å². The molecule has 0 atom stereocenters. The molecule has 0 spiro atoms. The minimum atomic E-state index is -0.898. The molecule has 24 heavy (non-hydrogen) atoms. The van der Waals surface area contributed by atoms with E-state index in [1.54, 1.807) is 27.7 Å². The van der Waals surface area contributed by atoms with Gasteiger partial charge in [-0.15, -0.1) is 0 Å². The molecule has 0 aliphatic heterocycles. The second kappa shape index (κ2) is 8.14. The summed E-state index contributed by atoms with van der Waals surface area (Å²) in [5.41, 5.74) is 6.71. The van der Waals surface area contributed by atoms with Crippen molar-refractivity contribution in [1.29, 1.82) is 0 Å². The molecule has 0 radical (unpaired) electrons. The number of nitrogens with one attached hydrogen (secondary N) is 1.